The average molecular weight is 142 g/mol. The number of amides is 3. The van der Waals surface area contributed by atoms with Crippen molar-refractivity contribution in [1.29, 1.82) is 0 Å². The van der Waals surface area contributed by atoms with Crippen LogP contribution in [0.1, 0.15) is 6.92 Å². The van der Waals surface area contributed by atoms with E-state index in [1.807, 2.05) is 0 Å². The van der Waals surface area contributed by atoms with Gasteiger partial charge in [-0.1, -0.05) is 6.92 Å². The van der Waals surface area contributed by atoms with Crippen molar-refractivity contribution in [2.24, 2.45) is 5.92 Å². The molecule has 1 saturated heterocycles. The molecule has 1 unspecified atom stereocenters. The Kier molecular flexibility index (Phi) is 1.61. The number of nitrogens with zero attached hydrogens (tertiary/aromatic N) is 1. The third-order valence-electron chi connectivity index (χ3n) is 1.62. The number of urea groups is 1. The Morgan fingerprint density at radius 2 is 2.20 bits per heavy atom. The fourth-order valence-corrected chi connectivity index (χ4v) is 0.877. The van der Waals surface area contributed by atoms with E-state index in [2.05, 4.69) is 5.32 Å². The van der Waals surface area contributed by atoms with E-state index in [9.17, 15) is 9.59 Å². The second-order valence-corrected chi connectivity index (χ2v) is 2.48. The first-order valence-corrected chi connectivity index (χ1v) is 3.18. The first-order chi connectivity index (χ1) is 4.63. The molecule has 0 spiro atoms. The molecular formula is C6H10N2O2. The van der Waals surface area contributed by atoms with E-state index in [1.165, 1.54) is 7.05 Å². The van der Waals surface area contributed by atoms with Gasteiger partial charge in [0.15, 0.2) is 0 Å². The van der Waals surface area contributed by atoms with Crippen LogP contribution < -0.4 is 5.32 Å². The number of carbonyl (C=O) groups is 2. The molecule has 0 bridgehead atoms. The Hall–Kier alpha value is -1.06. The Morgan fingerprint density at radius 1 is 1.60 bits per heavy atom. The van der Waals surface area contributed by atoms with Crippen molar-refractivity contribution in [3.63, 3.8) is 0 Å². The first-order valence-electron chi connectivity index (χ1n) is 3.18. The molecule has 0 aromatic rings. The SMILES string of the molecule is CC1CNC(=O)N(C)C1=O. The van der Waals surface area contributed by atoms with Gasteiger partial charge in [-0.25, -0.2) is 4.79 Å². The molecule has 3 amide bonds. The molecule has 1 N–H and O–H groups in total. The van der Waals surface area contributed by atoms with E-state index in [0.29, 0.717) is 6.54 Å². The molecule has 1 aliphatic rings. The molecular weight excluding hydrogens is 132 g/mol. The molecule has 0 saturated carbocycles. The van der Waals surface area contributed by atoms with Gasteiger partial charge in [-0.05, 0) is 0 Å². The molecule has 4 heteroatoms. The highest BCUT2D eigenvalue weighted by Crippen LogP contribution is 2.04. The van der Waals surface area contributed by atoms with Crippen LogP contribution in [0.25, 0.3) is 0 Å². The van der Waals surface area contributed by atoms with Crippen molar-refractivity contribution >= 4 is 11.9 Å². The van der Waals surface area contributed by atoms with Crippen LogP contribution >= 0.6 is 0 Å². The van der Waals surface area contributed by atoms with Gasteiger partial charge >= 0.3 is 6.03 Å². The molecule has 0 aromatic carbocycles. The van der Waals surface area contributed by atoms with E-state index >= 15 is 0 Å². The minimum Gasteiger partial charge on any atom is -0.337 e. The van der Waals surface area contributed by atoms with Gasteiger partial charge in [0.05, 0.1) is 5.92 Å². The van der Waals surface area contributed by atoms with E-state index in [1.54, 1.807) is 6.92 Å². The minimum atomic E-state index is -0.303. The molecule has 1 aliphatic heterocycles. The van der Waals surface area contributed by atoms with Crippen molar-refractivity contribution in [2.45, 2.75) is 6.92 Å². The molecule has 10 heavy (non-hydrogen) atoms. The third-order valence-corrected chi connectivity index (χ3v) is 1.62. The molecule has 1 heterocycles. The van der Waals surface area contributed by atoms with E-state index in [4.69, 9.17) is 0 Å². The number of rotatable bonds is 0. The molecule has 56 valence electrons. The molecule has 0 aromatic heterocycles. The van der Waals surface area contributed by atoms with Crippen LogP contribution in [0.15, 0.2) is 0 Å². The number of imide groups is 1. The van der Waals surface area contributed by atoms with Gasteiger partial charge in [-0.3, -0.25) is 9.69 Å². The molecule has 0 aliphatic carbocycles. The lowest BCUT2D eigenvalue weighted by atomic mass is 10.1. The largest absolute Gasteiger partial charge is 0.337 e. The number of hydrogen-bond acceptors (Lipinski definition) is 2. The number of hydrogen-bond donors (Lipinski definition) is 1. The summed E-state index contributed by atoms with van der Waals surface area (Å²) in [5.74, 6) is -0.188. The summed E-state index contributed by atoms with van der Waals surface area (Å²) in [4.78, 5) is 22.8. The molecule has 1 atom stereocenters. The lowest BCUT2D eigenvalue weighted by molar-refractivity contribution is -0.131. The lowest BCUT2D eigenvalue weighted by Gasteiger charge is -2.25. The summed E-state index contributed by atoms with van der Waals surface area (Å²) in [5, 5.41) is 2.58. The summed E-state index contributed by atoms with van der Waals surface area (Å²) < 4.78 is 0. The average Bonchev–Trinajstić information content (AvgIpc) is 1.93. The zero-order chi connectivity index (χ0) is 7.72. The van der Waals surface area contributed by atoms with Crippen molar-refractivity contribution in [3.8, 4) is 0 Å². The van der Waals surface area contributed by atoms with Crippen LogP contribution in [-0.2, 0) is 4.79 Å². The Bertz CT molecular complexity index is 179. The van der Waals surface area contributed by atoms with Crippen LogP contribution in [0.3, 0.4) is 0 Å². The maximum absolute atomic E-state index is 11.0. The zero-order valence-corrected chi connectivity index (χ0v) is 6.05. The van der Waals surface area contributed by atoms with Gasteiger partial charge in [0.1, 0.15) is 0 Å². The van der Waals surface area contributed by atoms with Gasteiger partial charge in [-0.2, -0.15) is 0 Å². The fourth-order valence-electron chi connectivity index (χ4n) is 0.877. The normalized spacial score (nSPS) is 26.6. The van der Waals surface area contributed by atoms with Gasteiger partial charge < -0.3 is 5.32 Å². The summed E-state index contributed by atoms with van der Waals surface area (Å²) in [7, 11) is 1.48. The van der Waals surface area contributed by atoms with E-state index in [0.717, 1.165) is 4.90 Å². The summed E-state index contributed by atoms with van der Waals surface area (Å²) in [6.07, 6.45) is 0. The van der Waals surface area contributed by atoms with Gasteiger partial charge in [0, 0.05) is 13.6 Å². The number of nitrogens with one attached hydrogen (secondary N) is 1. The quantitative estimate of drug-likeness (QED) is 0.509. The van der Waals surface area contributed by atoms with Crippen molar-refractivity contribution in [2.75, 3.05) is 13.6 Å². The Morgan fingerprint density at radius 3 is 2.70 bits per heavy atom. The Balaban J connectivity index is 2.70. The zero-order valence-electron chi connectivity index (χ0n) is 6.05. The summed E-state index contributed by atoms with van der Waals surface area (Å²) in [6.45, 7) is 2.25. The van der Waals surface area contributed by atoms with Crippen LogP contribution in [0.2, 0.25) is 0 Å². The van der Waals surface area contributed by atoms with Crippen molar-refractivity contribution in [3.05, 3.63) is 0 Å². The maximum Gasteiger partial charge on any atom is 0.323 e. The summed E-state index contributed by atoms with van der Waals surface area (Å²) in [5.41, 5.74) is 0. The maximum atomic E-state index is 11.0. The third kappa shape index (κ3) is 0.964. The highest BCUT2D eigenvalue weighted by Gasteiger charge is 2.27. The summed E-state index contributed by atoms with van der Waals surface area (Å²) >= 11 is 0. The topological polar surface area (TPSA) is 49.4 Å². The predicted molar refractivity (Wildman–Crippen MR) is 35.3 cm³/mol. The van der Waals surface area contributed by atoms with Crippen LogP contribution in [-0.4, -0.2) is 30.4 Å². The molecule has 1 fully saturated rings. The Labute approximate surface area is 59.2 Å². The highest BCUT2D eigenvalue weighted by molar-refractivity contribution is 5.97. The predicted octanol–water partition coefficient (Wildman–Crippen LogP) is -0.196. The lowest BCUT2D eigenvalue weighted by Crippen LogP contribution is -2.51. The van der Waals surface area contributed by atoms with Crippen LogP contribution in [0.5, 0.6) is 0 Å². The second-order valence-electron chi connectivity index (χ2n) is 2.48. The highest BCUT2D eigenvalue weighted by atomic mass is 16.2. The van der Waals surface area contributed by atoms with Crippen molar-refractivity contribution < 1.29 is 9.59 Å². The molecule has 0 radical (unpaired) electrons. The van der Waals surface area contributed by atoms with Gasteiger partial charge in [-0.15, -0.1) is 0 Å². The minimum absolute atomic E-state index is 0.0808. The van der Waals surface area contributed by atoms with Crippen molar-refractivity contribution in [1.82, 2.24) is 10.2 Å². The van der Waals surface area contributed by atoms with Gasteiger partial charge in [0.25, 0.3) is 0 Å². The number of carbonyl (C=O) groups excluding carboxylic acids is 2. The second kappa shape index (κ2) is 2.28. The van der Waals surface area contributed by atoms with Crippen LogP contribution in [0, 0.1) is 5.92 Å². The molecule has 4 nitrogen and oxygen atoms in total. The summed E-state index contributed by atoms with van der Waals surface area (Å²) in [6, 6.07) is -0.303. The standard InChI is InChI=1S/C6H10N2O2/c1-4-3-7-6(10)8(2)5(4)9/h4H,3H2,1-2H3,(H,7,10). The van der Waals surface area contributed by atoms with Crippen LogP contribution in [0.4, 0.5) is 4.79 Å². The monoisotopic (exact) mass is 142 g/mol. The molecule has 1 rings (SSSR count). The van der Waals surface area contributed by atoms with Gasteiger partial charge in [0.2, 0.25) is 5.91 Å². The smallest absolute Gasteiger partial charge is 0.323 e. The fraction of sp³-hybridized carbons (Fsp3) is 0.667. The van der Waals surface area contributed by atoms with E-state index < -0.39 is 0 Å². The first kappa shape index (κ1) is 7.05. The van der Waals surface area contributed by atoms with E-state index in [-0.39, 0.29) is 17.9 Å².